The van der Waals surface area contributed by atoms with E-state index in [1.807, 2.05) is 7.05 Å². The van der Waals surface area contributed by atoms with Gasteiger partial charge in [-0.15, -0.1) is 35.3 Å². The Morgan fingerprint density at radius 2 is 2.00 bits per heavy atom. The first-order chi connectivity index (χ1) is 12.9. The van der Waals surface area contributed by atoms with Gasteiger partial charge in [-0.2, -0.15) is 0 Å². The second-order valence-electron chi connectivity index (χ2n) is 8.63. The first-order valence-electron chi connectivity index (χ1n) is 10.4. The topological polar surface area (TPSA) is 58.5 Å². The van der Waals surface area contributed by atoms with Crippen LogP contribution in [0.1, 0.15) is 70.5 Å². The van der Waals surface area contributed by atoms with E-state index in [4.69, 9.17) is 9.72 Å². The molecule has 1 aliphatic rings. The molecule has 0 saturated heterocycles. The Morgan fingerprint density at radius 1 is 1.29 bits per heavy atom. The normalized spacial score (nSPS) is 16.7. The number of aliphatic imine (C=N–C) groups is 1. The van der Waals surface area contributed by atoms with Crippen LogP contribution in [0.15, 0.2) is 10.4 Å². The number of hydrogen-bond donors (Lipinski definition) is 2. The molecule has 0 unspecified atom stereocenters. The van der Waals surface area contributed by atoms with Crippen molar-refractivity contribution in [2.45, 2.75) is 71.6 Å². The quantitative estimate of drug-likeness (QED) is 0.213. The predicted molar refractivity (Wildman–Crippen MR) is 131 cm³/mol. The molecule has 2 N–H and O–H groups in total. The third-order valence-corrected chi connectivity index (χ3v) is 6.36. The highest BCUT2D eigenvalue weighted by molar-refractivity contribution is 14.0. The largest absolute Gasteiger partial charge is 0.382 e. The van der Waals surface area contributed by atoms with E-state index in [0.29, 0.717) is 5.41 Å². The molecule has 0 spiro atoms. The maximum absolute atomic E-state index is 5.61. The van der Waals surface area contributed by atoms with E-state index in [1.54, 1.807) is 11.3 Å². The molecule has 1 aliphatic carbocycles. The van der Waals surface area contributed by atoms with Crippen LogP contribution in [0.2, 0.25) is 0 Å². The van der Waals surface area contributed by atoms with Gasteiger partial charge >= 0.3 is 0 Å². The summed E-state index contributed by atoms with van der Waals surface area (Å²) in [6.07, 6.45) is 7.31. The highest BCUT2D eigenvalue weighted by Crippen LogP contribution is 2.40. The first kappa shape index (κ1) is 25.6. The first-order valence-corrected chi connectivity index (χ1v) is 11.2. The van der Waals surface area contributed by atoms with Gasteiger partial charge in [0.25, 0.3) is 0 Å². The minimum absolute atomic E-state index is 0. The number of thiazole rings is 1. The van der Waals surface area contributed by atoms with Gasteiger partial charge in [0.05, 0.1) is 10.7 Å². The van der Waals surface area contributed by atoms with Gasteiger partial charge in [0, 0.05) is 50.6 Å². The minimum atomic E-state index is 0. The number of ether oxygens (including phenoxy) is 1. The van der Waals surface area contributed by atoms with E-state index >= 15 is 0 Å². The van der Waals surface area contributed by atoms with Crippen LogP contribution in [0.5, 0.6) is 0 Å². The van der Waals surface area contributed by atoms with Crippen molar-refractivity contribution in [3.63, 3.8) is 0 Å². The minimum Gasteiger partial charge on any atom is -0.382 e. The van der Waals surface area contributed by atoms with Crippen LogP contribution in [-0.4, -0.2) is 44.3 Å². The number of halogens is 1. The van der Waals surface area contributed by atoms with Crippen molar-refractivity contribution in [3.8, 4) is 0 Å². The summed E-state index contributed by atoms with van der Waals surface area (Å²) in [5.41, 5.74) is 1.67. The highest BCUT2D eigenvalue weighted by Gasteiger charge is 2.33. The fraction of sp³-hybridized carbons (Fsp3) is 0.810. The zero-order valence-electron chi connectivity index (χ0n) is 18.3. The fourth-order valence-corrected chi connectivity index (χ4v) is 4.65. The average molecular weight is 523 g/mol. The van der Waals surface area contributed by atoms with Crippen molar-refractivity contribution in [1.82, 2.24) is 15.6 Å². The van der Waals surface area contributed by atoms with Gasteiger partial charge in [0.15, 0.2) is 5.96 Å². The Hall–Kier alpha value is -0.410. The van der Waals surface area contributed by atoms with E-state index in [9.17, 15) is 0 Å². The van der Waals surface area contributed by atoms with Gasteiger partial charge in [-0.3, -0.25) is 4.99 Å². The van der Waals surface area contributed by atoms with Crippen LogP contribution in [0.4, 0.5) is 0 Å². The number of rotatable bonds is 9. The molecule has 0 amide bonds. The molecule has 0 aliphatic heterocycles. The highest BCUT2D eigenvalue weighted by atomic mass is 127. The van der Waals surface area contributed by atoms with Crippen LogP contribution in [0.25, 0.3) is 0 Å². The molecular formula is C21H39IN4OS. The maximum atomic E-state index is 5.61. The van der Waals surface area contributed by atoms with E-state index in [-0.39, 0.29) is 29.4 Å². The molecule has 1 saturated carbocycles. The van der Waals surface area contributed by atoms with E-state index in [0.717, 1.165) is 45.1 Å². The van der Waals surface area contributed by atoms with Gasteiger partial charge in [0.2, 0.25) is 0 Å². The molecule has 1 aromatic rings. The molecule has 0 radical (unpaired) electrons. The number of guanidine groups is 1. The monoisotopic (exact) mass is 522 g/mol. The molecule has 5 nitrogen and oxygen atoms in total. The van der Waals surface area contributed by atoms with Crippen molar-refractivity contribution < 1.29 is 4.74 Å². The summed E-state index contributed by atoms with van der Waals surface area (Å²) >= 11 is 1.75. The summed E-state index contributed by atoms with van der Waals surface area (Å²) < 4.78 is 5.61. The summed E-state index contributed by atoms with van der Waals surface area (Å²) in [5.74, 6) is 0.894. The number of hydrogen-bond acceptors (Lipinski definition) is 4. The van der Waals surface area contributed by atoms with Crippen LogP contribution >= 0.6 is 35.3 Å². The predicted octanol–water partition coefficient (Wildman–Crippen LogP) is 4.75. The number of aromatic nitrogens is 1. The van der Waals surface area contributed by atoms with Gasteiger partial charge in [-0.05, 0) is 31.6 Å². The summed E-state index contributed by atoms with van der Waals surface area (Å²) in [6, 6.07) is 0. The molecule has 0 bridgehead atoms. The molecule has 1 fully saturated rings. The molecule has 2 rings (SSSR count). The van der Waals surface area contributed by atoms with E-state index in [2.05, 4.69) is 48.7 Å². The molecule has 7 heteroatoms. The van der Waals surface area contributed by atoms with Gasteiger partial charge in [-0.25, -0.2) is 4.98 Å². The summed E-state index contributed by atoms with van der Waals surface area (Å²) in [4.78, 5) is 9.17. The Kier molecular flexibility index (Phi) is 11.3. The third kappa shape index (κ3) is 8.14. The zero-order chi connectivity index (χ0) is 19.8. The fourth-order valence-electron chi connectivity index (χ4n) is 3.62. The third-order valence-electron chi connectivity index (χ3n) is 5.45. The van der Waals surface area contributed by atoms with Crippen molar-refractivity contribution in [2.75, 3.05) is 33.4 Å². The molecule has 28 heavy (non-hydrogen) atoms. The van der Waals surface area contributed by atoms with Crippen molar-refractivity contribution >= 4 is 41.3 Å². The lowest BCUT2D eigenvalue weighted by Gasteiger charge is -2.30. The van der Waals surface area contributed by atoms with Gasteiger partial charge < -0.3 is 15.4 Å². The van der Waals surface area contributed by atoms with Gasteiger partial charge in [0.1, 0.15) is 0 Å². The van der Waals surface area contributed by atoms with Crippen molar-refractivity contribution in [1.29, 1.82) is 0 Å². The van der Waals surface area contributed by atoms with E-state index < -0.39 is 0 Å². The Morgan fingerprint density at radius 3 is 2.57 bits per heavy atom. The Bertz CT molecular complexity index is 591. The zero-order valence-corrected chi connectivity index (χ0v) is 21.4. The standard InChI is InChI=1S/C21H38N4OS.HI/c1-6-26-14-12-21(10-7-8-11-21)16-24-19(22-5)23-13-9-18-25-17(15-27-18)20(2,3)4;/h15H,6-14,16H2,1-5H3,(H2,22,23,24);1H. The molecule has 1 aromatic heterocycles. The Balaban J connectivity index is 0.00000392. The van der Waals surface area contributed by atoms with E-state index in [1.165, 1.54) is 36.4 Å². The summed E-state index contributed by atoms with van der Waals surface area (Å²) in [5, 5.41) is 10.4. The number of nitrogens with zero attached hydrogens (tertiary/aromatic N) is 2. The lowest BCUT2D eigenvalue weighted by atomic mass is 9.83. The molecule has 0 aromatic carbocycles. The second-order valence-corrected chi connectivity index (χ2v) is 9.58. The van der Waals surface area contributed by atoms with Crippen molar-refractivity contribution in [2.24, 2.45) is 10.4 Å². The summed E-state index contributed by atoms with van der Waals surface area (Å²) in [6.45, 7) is 12.2. The van der Waals surface area contributed by atoms with Gasteiger partial charge in [-0.1, -0.05) is 33.6 Å². The molecule has 162 valence electrons. The smallest absolute Gasteiger partial charge is 0.191 e. The maximum Gasteiger partial charge on any atom is 0.191 e. The van der Waals surface area contributed by atoms with Crippen LogP contribution in [-0.2, 0) is 16.6 Å². The molecule has 1 heterocycles. The number of nitrogens with one attached hydrogen (secondary N) is 2. The summed E-state index contributed by atoms with van der Waals surface area (Å²) in [7, 11) is 1.85. The van der Waals surface area contributed by atoms with Crippen LogP contribution < -0.4 is 10.6 Å². The lowest BCUT2D eigenvalue weighted by Crippen LogP contribution is -2.44. The van der Waals surface area contributed by atoms with Crippen molar-refractivity contribution in [3.05, 3.63) is 16.1 Å². The Labute approximate surface area is 192 Å². The SMILES string of the molecule is CCOCCC1(CNC(=NC)NCCc2nc(C(C)(C)C)cs2)CCCC1.I. The molecule has 0 atom stereocenters. The second kappa shape index (κ2) is 12.3. The van der Waals surface area contributed by atoms with Crippen LogP contribution in [0, 0.1) is 5.41 Å². The molecular weight excluding hydrogens is 483 g/mol. The lowest BCUT2D eigenvalue weighted by molar-refractivity contribution is 0.105. The average Bonchev–Trinajstić information content (AvgIpc) is 3.28. The van der Waals surface area contributed by atoms with Crippen LogP contribution in [0.3, 0.4) is 0 Å².